The molecular formula is C19H20N2O3. The molecule has 2 aromatic rings. The van der Waals surface area contributed by atoms with Gasteiger partial charge in [-0.2, -0.15) is 5.26 Å². The van der Waals surface area contributed by atoms with Gasteiger partial charge < -0.3 is 14.2 Å². The average Bonchev–Trinajstić information content (AvgIpc) is 3.09. The third-order valence-electron chi connectivity index (χ3n) is 3.95. The maximum Gasteiger partial charge on any atom is 0.231 e. The second-order valence-corrected chi connectivity index (χ2v) is 5.54. The Morgan fingerprint density at radius 1 is 1.12 bits per heavy atom. The molecule has 0 aromatic heterocycles. The molecule has 24 heavy (non-hydrogen) atoms. The van der Waals surface area contributed by atoms with Crippen LogP contribution in [0.25, 0.3) is 0 Å². The molecule has 1 heterocycles. The fraction of sp³-hybridized carbons (Fsp3) is 0.316. The summed E-state index contributed by atoms with van der Waals surface area (Å²) in [6.07, 6.45) is 0. The van der Waals surface area contributed by atoms with Crippen molar-refractivity contribution in [2.75, 3.05) is 26.5 Å². The van der Waals surface area contributed by atoms with E-state index in [0.29, 0.717) is 19.0 Å². The van der Waals surface area contributed by atoms with E-state index in [4.69, 9.17) is 19.5 Å². The number of ether oxygens (including phenoxy) is 3. The highest BCUT2D eigenvalue weighted by Gasteiger charge is 2.14. The molecule has 2 aromatic carbocycles. The van der Waals surface area contributed by atoms with Gasteiger partial charge in [0.25, 0.3) is 0 Å². The topological polar surface area (TPSA) is 54.7 Å². The summed E-state index contributed by atoms with van der Waals surface area (Å²) in [6.45, 7) is 5.63. The second-order valence-electron chi connectivity index (χ2n) is 5.54. The lowest BCUT2D eigenvalue weighted by molar-refractivity contribution is 0.174. The first-order valence-electron chi connectivity index (χ1n) is 8.02. The van der Waals surface area contributed by atoms with Gasteiger partial charge in [0, 0.05) is 13.1 Å². The van der Waals surface area contributed by atoms with E-state index in [9.17, 15) is 0 Å². The predicted molar refractivity (Wildman–Crippen MR) is 90.2 cm³/mol. The third kappa shape index (κ3) is 3.98. The van der Waals surface area contributed by atoms with Gasteiger partial charge in [0.15, 0.2) is 11.5 Å². The predicted octanol–water partition coefficient (Wildman–Crippen LogP) is 3.19. The number of hydrogen-bond donors (Lipinski definition) is 0. The third-order valence-corrected chi connectivity index (χ3v) is 3.95. The molecule has 0 aliphatic carbocycles. The Hall–Kier alpha value is -2.71. The van der Waals surface area contributed by atoms with Crippen LogP contribution < -0.4 is 14.2 Å². The van der Waals surface area contributed by atoms with Crippen molar-refractivity contribution < 1.29 is 14.2 Å². The van der Waals surface area contributed by atoms with Crippen molar-refractivity contribution in [1.29, 1.82) is 5.26 Å². The monoisotopic (exact) mass is 324 g/mol. The minimum atomic E-state index is 0.300. The molecule has 0 N–H and O–H groups in total. The van der Waals surface area contributed by atoms with Gasteiger partial charge in [-0.1, -0.05) is 13.0 Å². The summed E-state index contributed by atoms with van der Waals surface area (Å²) >= 11 is 0. The Kier molecular flexibility index (Phi) is 5.19. The number of benzene rings is 2. The van der Waals surface area contributed by atoms with E-state index in [0.717, 1.165) is 36.9 Å². The van der Waals surface area contributed by atoms with Crippen molar-refractivity contribution in [1.82, 2.24) is 4.90 Å². The molecule has 0 amide bonds. The Balaban J connectivity index is 1.50. The first-order chi connectivity index (χ1) is 11.8. The number of nitriles is 1. The normalized spacial score (nSPS) is 12.2. The molecule has 0 saturated heterocycles. The van der Waals surface area contributed by atoms with Crippen molar-refractivity contribution in [3.8, 4) is 23.3 Å². The highest BCUT2D eigenvalue weighted by Crippen LogP contribution is 2.32. The lowest BCUT2D eigenvalue weighted by Crippen LogP contribution is -2.27. The van der Waals surface area contributed by atoms with Crippen LogP contribution in [0, 0.1) is 11.3 Å². The van der Waals surface area contributed by atoms with Gasteiger partial charge in [-0.25, -0.2) is 0 Å². The lowest BCUT2D eigenvalue weighted by atomic mass is 10.2. The van der Waals surface area contributed by atoms with Gasteiger partial charge in [-0.3, -0.25) is 4.90 Å². The number of likely N-dealkylation sites (N-methyl/N-ethyl adjacent to an activating group) is 1. The van der Waals surface area contributed by atoms with Crippen LogP contribution in [-0.2, 0) is 6.54 Å². The number of rotatable bonds is 7. The Morgan fingerprint density at radius 2 is 1.92 bits per heavy atom. The zero-order valence-corrected chi connectivity index (χ0v) is 13.7. The van der Waals surface area contributed by atoms with Crippen molar-refractivity contribution in [2.24, 2.45) is 0 Å². The molecule has 124 valence electrons. The largest absolute Gasteiger partial charge is 0.492 e. The average molecular weight is 324 g/mol. The van der Waals surface area contributed by atoms with Crippen molar-refractivity contribution in [3.63, 3.8) is 0 Å². The highest BCUT2D eigenvalue weighted by molar-refractivity contribution is 5.44. The SMILES string of the molecule is CCN(CCOc1ccc(C#N)cc1)Cc1ccc2c(c1)OCO2. The molecular weight excluding hydrogens is 304 g/mol. The second kappa shape index (κ2) is 7.71. The van der Waals surface area contributed by atoms with Gasteiger partial charge in [0.05, 0.1) is 11.6 Å². The summed E-state index contributed by atoms with van der Waals surface area (Å²) in [7, 11) is 0. The molecule has 0 fully saturated rings. The number of hydrogen-bond acceptors (Lipinski definition) is 5. The van der Waals surface area contributed by atoms with Gasteiger partial charge in [0.2, 0.25) is 6.79 Å². The molecule has 5 nitrogen and oxygen atoms in total. The first-order valence-corrected chi connectivity index (χ1v) is 8.02. The van der Waals surface area contributed by atoms with Gasteiger partial charge in [-0.05, 0) is 48.5 Å². The van der Waals surface area contributed by atoms with Crippen molar-refractivity contribution >= 4 is 0 Å². The number of fused-ring (bicyclic) bond motifs is 1. The van der Waals surface area contributed by atoms with E-state index in [1.165, 1.54) is 5.56 Å². The summed E-state index contributed by atoms with van der Waals surface area (Å²) in [5.74, 6) is 2.41. The number of nitrogens with zero attached hydrogens (tertiary/aromatic N) is 2. The minimum absolute atomic E-state index is 0.300. The van der Waals surface area contributed by atoms with E-state index >= 15 is 0 Å². The molecule has 1 aliphatic heterocycles. The van der Waals surface area contributed by atoms with Crippen LogP contribution in [-0.4, -0.2) is 31.4 Å². The van der Waals surface area contributed by atoms with E-state index in [2.05, 4.69) is 24.0 Å². The van der Waals surface area contributed by atoms with Crippen LogP contribution >= 0.6 is 0 Å². The zero-order chi connectivity index (χ0) is 16.8. The van der Waals surface area contributed by atoms with Crippen LogP contribution in [0.5, 0.6) is 17.2 Å². The molecule has 0 bridgehead atoms. The fourth-order valence-electron chi connectivity index (χ4n) is 2.56. The summed E-state index contributed by atoms with van der Waals surface area (Å²) in [5, 5.41) is 8.79. The quantitative estimate of drug-likeness (QED) is 0.783. The molecule has 1 aliphatic rings. The van der Waals surface area contributed by atoms with Gasteiger partial charge >= 0.3 is 0 Å². The Morgan fingerprint density at radius 3 is 2.67 bits per heavy atom. The molecule has 3 rings (SSSR count). The van der Waals surface area contributed by atoms with E-state index < -0.39 is 0 Å². The first kappa shape index (κ1) is 16.2. The van der Waals surface area contributed by atoms with Crippen LogP contribution in [0.4, 0.5) is 0 Å². The molecule has 0 saturated carbocycles. The Bertz CT molecular complexity index is 722. The van der Waals surface area contributed by atoms with Crippen LogP contribution in [0.15, 0.2) is 42.5 Å². The molecule has 0 atom stereocenters. The van der Waals surface area contributed by atoms with E-state index in [-0.39, 0.29) is 0 Å². The maximum absolute atomic E-state index is 8.79. The highest BCUT2D eigenvalue weighted by atomic mass is 16.7. The lowest BCUT2D eigenvalue weighted by Gasteiger charge is -2.20. The van der Waals surface area contributed by atoms with Crippen LogP contribution in [0.2, 0.25) is 0 Å². The molecule has 0 unspecified atom stereocenters. The molecule has 0 spiro atoms. The minimum Gasteiger partial charge on any atom is -0.492 e. The summed E-state index contributed by atoms with van der Waals surface area (Å²) in [6, 6.07) is 15.3. The van der Waals surface area contributed by atoms with Crippen LogP contribution in [0.1, 0.15) is 18.1 Å². The summed E-state index contributed by atoms with van der Waals surface area (Å²) < 4.78 is 16.5. The van der Waals surface area contributed by atoms with Gasteiger partial charge in [-0.15, -0.1) is 0 Å². The fourth-order valence-corrected chi connectivity index (χ4v) is 2.56. The Labute approximate surface area is 142 Å². The smallest absolute Gasteiger partial charge is 0.231 e. The van der Waals surface area contributed by atoms with E-state index in [1.807, 2.05) is 24.3 Å². The standard InChI is InChI=1S/C19H20N2O3/c1-2-21(9-10-22-17-6-3-15(12-20)4-7-17)13-16-5-8-18-19(11-16)24-14-23-18/h3-8,11H,2,9-10,13-14H2,1H3. The molecule has 0 radical (unpaired) electrons. The van der Waals surface area contributed by atoms with Crippen molar-refractivity contribution in [2.45, 2.75) is 13.5 Å². The van der Waals surface area contributed by atoms with Crippen molar-refractivity contribution in [3.05, 3.63) is 53.6 Å². The van der Waals surface area contributed by atoms with Crippen LogP contribution in [0.3, 0.4) is 0 Å². The van der Waals surface area contributed by atoms with E-state index in [1.54, 1.807) is 12.1 Å². The van der Waals surface area contributed by atoms with Gasteiger partial charge in [0.1, 0.15) is 12.4 Å². The maximum atomic E-state index is 8.79. The molecule has 5 heteroatoms. The summed E-state index contributed by atoms with van der Waals surface area (Å²) in [5.41, 5.74) is 1.83. The summed E-state index contributed by atoms with van der Waals surface area (Å²) in [4.78, 5) is 2.31. The zero-order valence-electron chi connectivity index (χ0n) is 13.7.